The number of imide groups is 1. The highest BCUT2D eigenvalue weighted by Crippen LogP contribution is 2.39. The number of nitrogens with zero attached hydrogens (tertiary/aromatic N) is 1. The van der Waals surface area contributed by atoms with E-state index in [4.69, 9.17) is 10.5 Å². The molecule has 0 saturated carbocycles. The Morgan fingerprint density at radius 2 is 2.10 bits per heavy atom. The van der Waals surface area contributed by atoms with Crippen molar-refractivity contribution in [2.75, 3.05) is 19.7 Å². The first kappa shape index (κ1) is 20.7. The molecular weight excluding hydrogens is 380 g/mol. The number of hydrogen-bond donors (Lipinski definition) is 4. The Balaban J connectivity index is 1.70. The fourth-order valence-corrected chi connectivity index (χ4v) is 3.45. The standard InChI is InChI=1S/C19H24N4O6/c20-8-1-2-9-21-15(25)10-29-13-5-3-4-11-16(13)19(28)23(18(11)27)12-6-7-14(24)22-17(12)26/h3-5,12,18,27H,1-2,6-10,20H2,(H,21,25)(H,22,24,26). The number of carbonyl (C=O) groups excluding carboxylic acids is 4. The van der Waals surface area contributed by atoms with E-state index >= 15 is 0 Å². The van der Waals surface area contributed by atoms with E-state index in [0.29, 0.717) is 18.7 Å². The molecule has 1 saturated heterocycles. The Morgan fingerprint density at radius 1 is 1.31 bits per heavy atom. The summed E-state index contributed by atoms with van der Waals surface area (Å²) >= 11 is 0. The van der Waals surface area contributed by atoms with Gasteiger partial charge in [-0.1, -0.05) is 12.1 Å². The quantitative estimate of drug-likeness (QED) is 0.326. The van der Waals surface area contributed by atoms with Crippen molar-refractivity contribution in [1.82, 2.24) is 15.5 Å². The zero-order valence-electron chi connectivity index (χ0n) is 15.8. The fourth-order valence-electron chi connectivity index (χ4n) is 3.45. The van der Waals surface area contributed by atoms with Crippen LogP contribution in [0, 0.1) is 0 Å². The van der Waals surface area contributed by atoms with Crippen molar-refractivity contribution in [3.8, 4) is 5.75 Å². The van der Waals surface area contributed by atoms with Gasteiger partial charge in [0.05, 0.1) is 5.56 Å². The zero-order valence-corrected chi connectivity index (χ0v) is 15.8. The molecule has 3 rings (SSSR count). The van der Waals surface area contributed by atoms with Crippen LogP contribution < -0.4 is 21.1 Å². The molecule has 10 nitrogen and oxygen atoms in total. The van der Waals surface area contributed by atoms with Crippen LogP contribution in [-0.2, 0) is 14.4 Å². The Labute approximate surface area is 167 Å². The molecule has 156 valence electrons. The van der Waals surface area contributed by atoms with E-state index in [1.54, 1.807) is 12.1 Å². The third-order valence-electron chi connectivity index (χ3n) is 4.91. The van der Waals surface area contributed by atoms with Gasteiger partial charge < -0.3 is 20.9 Å². The first-order valence-electron chi connectivity index (χ1n) is 9.51. The third-order valence-corrected chi connectivity index (χ3v) is 4.91. The van der Waals surface area contributed by atoms with Crippen LogP contribution in [0.2, 0.25) is 0 Å². The molecule has 1 fully saturated rings. The minimum Gasteiger partial charge on any atom is -0.483 e. The molecule has 2 atom stereocenters. The van der Waals surface area contributed by atoms with Crippen LogP contribution >= 0.6 is 0 Å². The number of fused-ring (bicyclic) bond motifs is 1. The summed E-state index contributed by atoms with van der Waals surface area (Å²) in [5, 5.41) is 15.5. The molecule has 0 aromatic heterocycles. The molecule has 0 spiro atoms. The number of aliphatic hydroxyl groups is 1. The average molecular weight is 404 g/mol. The lowest BCUT2D eigenvalue weighted by atomic mass is 10.0. The SMILES string of the molecule is NCCCCNC(=O)COc1cccc2c1C(=O)N(C1CCC(=O)NC1=O)C2O. The summed E-state index contributed by atoms with van der Waals surface area (Å²) in [4.78, 5) is 49.4. The topological polar surface area (TPSA) is 151 Å². The number of carbonyl (C=O) groups is 4. The van der Waals surface area contributed by atoms with Crippen LogP contribution in [0.15, 0.2) is 18.2 Å². The summed E-state index contributed by atoms with van der Waals surface area (Å²) in [7, 11) is 0. The van der Waals surface area contributed by atoms with Crippen molar-refractivity contribution in [2.45, 2.75) is 38.0 Å². The fraction of sp³-hybridized carbons (Fsp3) is 0.474. The summed E-state index contributed by atoms with van der Waals surface area (Å²) in [5.41, 5.74) is 5.81. The molecule has 2 unspecified atom stereocenters. The smallest absolute Gasteiger partial charge is 0.261 e. The van der Waals surface area contributed by atoms with Crippen LogP contribution in [0.3, 0.4) is 0 Å². The highest BCUT2D eigenvalue weighted by molar-refractivity contribution is 6.06. The van der Waals surface area contributed by atoms with Gasteiger partial charge in [-0.25, -0.2) is 0 Å². The van der Waals surface area contributed by atoms with Crippen LogP contribution in [0.5, 0.6) is 5.75 Å². The number of nitrogens with two attached hydrogens (primary N) is 1. The Morgan fingerprint density at radius 3 is 2.83 bits per heavy atom. The van der Waals surface area contributed by atoms with E-state index in [-0.39, 0.29) is 36.7 Å². The van der Waals surface area contributed by atoms with E-state index in [9.17, 15) is 24.3 Å². The second-order valence-electron chi connectivity index (χ2n) is 6.91. The van der Waals surface area contributed by atoms with Gasteiger partial charge in [0, 0.05) is 18.5 Å². The molecule has 0 radical (unpaired) electrons. The summed E-state index contributed by atoms with van der Waals surface area (Å²) in [5.74, 6) is -1.81. The highest BCUT2D eigenvalue weighted by Gasteiger charge is 2.45. The number of hydrogen-bond acceptors (Lipinski definition) is 7. The van der Waals surface area contributed by atoms with Crippen molar-refractivity contribution in [2.24, 2.45) is 5.73 Å². The van der Waals surface area contributed by atoms with Crippen molar-refractivity contribution >= 4 is 23.6 Å². The van der Waals surface area contributed by atoms with Crippen LogP contribution in [0.25, 0.3) is 0 Å². The highest BCUT2D eigenvalue weighted by atomic mass is 16.5. The molecule has 4 amide bonds. The van der Waals surface area contributed by atoms with E-state index in [1.807, 2.05) is 0 Å². The zero-order chi connectivity index (χ0) is 21.0. The number of rotatable bonds is 8. The monoisotopic (exact) mass is 404 g/mol. The first-order chi connectivity index (χ1) is 13.9. The Kier molecular flexibility index (Phi) is 6.45. The van der Waals surface area contributed by atoms with Crippen molar-refractivity contribution in [1.29, 1.82) is 0 Å². The van der Waals surface area contributed by atoms with E-state index in [1.165, 1.54) is 6.07 Å². The average Bonchev–Trinajstić information content (AvgIpc) is 2.95. The van der Waals surface area contributed by atoms with Gasteiger partial charge in [-0.15, -0.1) is 0 Å². The van der Waals surface area contributed by atoms with E-state index < -0.39 is 30.0 Å². The maximum atomic E-state index is 13.0. The molecule has 0 bridgehead atoms. The van der Waals surface area contributed by atoms with Crippen LogP contribution in [-0.4, -0.2) is 59.4 Å². The number of nitrogens with one attached hydrogen (secondary N) is 2. The van der Waals surface area contributed by atoms with Crippen molar-refractivity contribution in [3.05, 3.63) is 29.3 Å². The van der Waals surface area contributed by atoms with Gasteiger partial charge >= 0.3 is 0 Å². The van der Waals surface area contributed by atoms with Gasteiger partial charge in [0.1, 0.15) is 11.8 Å². The predicted molar refractivity (Wildman–Crippen MR) is 101 cm³/mol. The number of ether oxygens (including phenoxy) is 1. The molecule has 2 heterocycles. The summed E-state index contributed by atoms with van der Waals surface area (Å²) in [6.07, 6.45) is 0.430. The number of benzene rings is 1. The number of aliphatic hydroxyl groups excluding tert-OH is 1. The number of amides is 4. The van der Waals surface area contributed by atoms with Crippen molar-refractivity contribution < 1.29 is 29.0 Å². The second-order valence-corrected chi connectivity index (χ2v) is 6.91. The third kappa shape index (κ3) is 4.38. The minimum absolute atomic E-state index is 0.0803. The molecule has 10 heteroatoms. The lowest BCUT2D eigenvalue weighted by Gasteiger charge is -2.31. The summed E-state index contributed by atoms with van der Waals surface area (Å²) in [6.45, 7) is 0.741. The molecule has 29 heavy (non-hydrogen) atoms. The predicted octanol–water partition coefficient (Wildman–Crippen LogP) is -0.828. The summed E-state index contributed by atoms with van der Waals surface area (Å²) in [6, 6.07) is 3.72. The van der Waals surface area contributed by atoms with Gasteiger partial charge in [-0.05, 0) is 31.9 Å². The van der Waals surface area contributed by atoms with E-state index in [2.05, 4.69) is 10.6 Å². The lowest BCUT2D eigenvalue weighted by molar-refractivity contribution is -0.139. The van der Waals surface area contributed by atoms with Gasteiger partial charge in [0.15, 0.2) is 12.8 Å². The van der Waals surface area contributed by atoms with Gasteiger partial charge in [0.2, 0.25) is 11.8 Å². The van der Waals surface area contributed by atoms with Gasteiger partial charge in [-0.3, -0.25) is 29.4 Å². The largest absolute Gasteiger partial charge is 0.483 e. The maximum absolute atomic E-state index is 13.0. The maximum Gasteiger partial charge on any atom is 0.261 e. The number of unbranched alkanes of at least 4 members (excludes halogenated alkanes) is 1. The van der Waals surface area contributed by atoms with Crippen molar-refractivity contribution in [3.63, 3.8) is 0 Å². The lowest BCUT2D eigenvalue weighted by Crippen LogP contribution is -2.53. The van der Waals surface area contributed by atoms with Crippen LogP contribution in [0.4, 0.5) is 0 Å². The van der Waals surface area contributed by atoms with Gasteiger partial charge in [0.25, 0.3) is 11.8 Å². The first-order valence-corrected chi connectivity index (χ1v) is 9.51. The summed E-state index contributed by atoms with van der Waals surface area (Å²) < 4.78 is 5.52. The number of piperidine rings is 1. The Bertz CT molecular complexity index is 827. The van der Waals surface area contributed by atoms with Crippen LogP contribution in [0.1, 0.15) is 47.8 Å². The van der Waals surface area contributed by atoms with E-state index in [0.717, 1.165) is 17.7 Å². The second kappa shape index (κ2) is 9.01. The molecule has 5 N–H and O–H groups in total. The molecule has 2 aliphatic rings. The van der Waals surface area contributed by atoms with Gasteiger partial charge in [-0.2, -0.15) is 0 Å². The molecule has 1 aromatic rings. The molecule has 1 aromatic carbocycles. The molecular formula is C19H24N4O6. The molecule has 2 aliphatic heterocycles. The normalized spacial score (nSPS) is 21.0. The molecule has 0 aliphatic carbocycles. The minimum atomic E-state index is -1.34. The Hall–Kier alpha value is -2.98.